The van der Waals surface area contributed by atoms with E-state index < -0.39 is 17.8 Å². The van der Waals surface area contributed by atoms with Crippen LogP contribution in [0.2, 0.25) is 0 Å². The van der Waals surface area contributed by atoms with E-state index in [1.54, 1.807) is 36.4 Å². The van der Waals surface area contributed by atoms with E-state index >= 15 is 0 Å². The van der Waals surface area contributed by atoms with Gasteiger partial charge in [-0.1, -0.05) is 22.0 Å². The third kappa shape index (κ3) is 8.14. The second-order valence-corrected chi connectivity index (χ2v) is 10.5. The van der Waals surface area contributed by atoms with Gasteiger partial charge in [0.05, 0.1) is 54.4 Å². The first-order chi connectivity index (χ1) is 23.1. The molecule has 0 aliphatic carbocycles. The Morgan fingerprint density at radius 3 is 1.73 bits per heavy atom. The van der Waals surface area contributed by atoms with Crippen LogP contribution in [-0.4, -0.2) is 66.7 Å². The normalized spacial score (nSPS) is 10.6. The first-order valence-corrected chi connectivity index (χ1v) is 14.8. The molecule has 4 aromatic rings. The summed E-state index contributed by atoms with van der Waals surface area (Å²) >= 11 is 3.40. The van der Waals surface area contributed by atoms with Crippen molar-refractivity contribution in [1.29, 1.82) is 0 Å². The maximum atomic E-state index is 13.1. The maximum Gasteiger partial charge on any atom is 0.343 e. The summed E-state index contributed by atoms with van der Waals surface area (Å²) in [4.78, 5) is 39.1. The highest BCUT2D eigenvalue weighted by Gasteiger charge is 2.20. The molecule has 2 N–H and O–H groups in total. The van der Waals surface area contributed by atoms with E-state index in [1.807, 2.05) is 0 Å². The Balaban J connectivity index is 1.47. The molecule has 2 amide bonds. The number of carbonyl (C=O) groups excluding carboxylic acids is 3. The maximum absolute atomic E-state index is 13.1. The van der Waals surface area contributed by atoms with Crippen molar-refractivity contribution in [2.75, 3.05) is 48.0 Å². The molecule has 0 aliphatic rings. The predicted octanol–water partition coefficient (Wildman–Crippen LogP) is 5.74. The minimum absolute atomic E-state index is 0.154. The van der Waals surface area contributed by atoms with Gasteiger partial charge in [-0.25, -0.2) is 10.2 Å². The van der Waals surface area contributed by atoms with Gasteiger partial charge in [0.15, 0.2) is 23.0 Å². The topological polar surface area (TPSA) is 152 Å². The molecule has 0 heterocycles. The van der Waals surface area contributed by atoms with Gasteiger partial charge in [0.2, 0.25) is 11.5 Å². The van der Waals surface area contributed by atoms with E-state index in [0.29, 0.717) is 38.7 Å². The van der Waals surface area contributed by atoms with Crippen molar-refractivity contribution in [3.8, 4) is 40.2 Å². The Morgan fingerprint density at radius 1 is 0.625 bits per heavy atom. The first-order valence-electron chi connectivity index (χ1n) is 14.0. The molecule has 0 atom stereocenters. The first kappa shape index (κ1) is 35.1. The summed E-state index contributed by atoms with van der Waals surface area (Å²) in [6.45, 7) is 0. The van der Waals surface area contributed by atoms with Crippen molar-refractivity contribution in [2.24, 2.45) is 5.10 Å². The minimum atomic E-state index is -0.694. The highest BCUT2D eigenvalue weighted by Crippen LogP contribution is 2.39. The Kier molecular flexibility index (Phi) is 11.8. The van der Waals surface area contributed by atoms with Gasteiger partial charge in [-0.15, -0.1) is 0 Å². The molecule has 0 saturated carbocycles. The SMILES string of the molecule is COc1cc(C(=O)Nc2cccc(C(=O)NN=Cc3cc(Br)ccc3OC(=O)c3cc(OC)c(OC)c(OC)c3)c2)cc(OC)c1OC. The van der Waals surface area contributed by atoms with Crippen LogP contribution in [-0.2, 0) is 0 Å². The molecular weight excluding hydrogens is 690 g/mol. The third-order valence-electron chi connectivity index (χ3n) is 6.75. The zero-order valence-corrected chi connectivity index (χ0v) is 28.4. The molecule has 0 radical (unpaired) electrons. The molecule has 0 aromatic heterocycles. The number of nitrogens with one attached hydrogen (secondary N) is 2. The van der Waals surface area contributed by atoms with E-state index in [2.05, 4.69) is 31.8 Å². The lowest BCUT2D eigenvalue weighted by molar-refractivity contribution is 0.0733. The quantitative estimate of drug-likeness (QED) is 0.0757. The molecule has 0 saturated heterocycles. The molecule has 48 heavy (non-hydrogen) atoms. The standard InChI is InChI=1S/C34H32BrN3O10/c1-42-26-14-20(15-27(43-2)30(26)46-5)32(39)37-24-9-7-8-19(13-24)33(40)38-36-18-22-12-23(35)10-11-25(22)48-34(41)21-16-28(44-3)31(47-6)29(17-21)45-4/h7-18H,1-6H3,(H,37,39)(H,38,40). The highest BCUT2D eigenvalue weighted by atomic mass is 79.9. The summed E-state index contributed by atoms with van der Waals surface area (Å²) in [5, 5.41) is 6.81. The molecule has 4 rings (SSSR count). The summed E-state index contributed by atoms with van der Waals surface area (Å²) in [7, 11) is 8.70. The molecule has 250 valence electrons. The van der Waals surface area contributed by atoms with Crippen LogP contribution in [0, 0.1) is 0 Å². The zero-order valence-electron chi connectivity index (χ0n) is 26.8. The van der Waals surface area contributed by atoms with Crippen LogP contribution in [0.1, 0.15) is 36.6 Å². The smallest absolute Gasteiger partial charge is 0.343 e. The molecule has 0 aliphatic heterocycles. The molecule has 0 bridgehead atoms. The molecule has 0 unspecified atom stereocenters. The summed E-state index contributed by atoms with van der Waals surface area (Å²) in [6.07, 6.45) is 1.33. The lowest BCUT2D eigenvalue weighted by atomic mass is 10.1. The second kappa shape index (κ2) is 16.2. The monoisotopic (exact) mass is 721 g/mol. The van der Waals surface area contributed by atoms with Crippen LogP contribution in [0.3, 0.4) is 0 Å². The number of carbonyl (C=O) groups is 3. The third-order valence-corrected chi connectivity index (χ3v) is 7.25. The van der Waals surface area contributed by atoms with E-state index in [0.717, 1.165) is 0 Å². The number of anilines is 1. The van der Waals surface area contributed by atoms with Crippen LogP contribution in [0.25, 0.3) is 0 Å². The highest BCUT2D eigenvalue weighted by molar-refractivity contribution is 9.10. The fourth-order valence-electron chi connectivity index (χ4n) is 4.45. The number of esters is 1. The van der Waals surface area contributed by atoms with Crippen LogP contribution < -0.4 is 43.9 Å². The van der Waals surface area contributed by atoms with Crippen LogP contribution in [0.5, 0.6) is 40.2 Å². The predicted molar refractivity (Wildman–Crippen MR) is 181 cm³/mol. The number of rotatable bonds is 13. The van der Waals surface area contributed by atoms with Gasteiger partial charge in [0.1, 0.15) is 5.75 Å². The molecule has 0 spiro atoms. The van der Waals surface area contributed by atoms with Crippen molar-refractivity contribution in [1.82, 2.24) is 5.43 Å². The summed E-state index contributed by atoms with van der Waals surface area (Å²) < 4.78 is 38.3. The van der Waals surface area contributed by atoms with Crippen molar-refractivity contribution < 1.29 is 47.5 Å². The van der Waals surface area contributed by atoms with Crippen LogP contribution >= 0.6 is 15.9 Å². The van der Waals surface area contributed by atoms with Crippen molar-refractivity contribution in [3.63, 3.8) is 0 Å². The van der Waals surface area contributed by atoms with Crippen molar-refractivity contribution in [3.05, 3.63) is 93.5 Å². The van der Waals surface area contributed by atoms with Crippen LogP contribution in [0.4, 0.5) is 5.69 Å². The second-order valence-electron chi connectivity index (χ2n) is 9.63. The average molecular weight is 723 g/mol. The Morgan fingerprint density at radius 2 is 1.19 bits per heavy atom. The zero-order chi connectivity index (χ0) is 34.8. The van der Waals surface area contributed by atoms with Crippen molar-refractivity contribution in [2.45, 2.75) is 0 Å². The van der Waals surface area contributed by atoms with Gasteiger partial charge in [0, 0.05) is 26.9 Å². The number of amides is 2. The largest absolute Gasteiger partial charge is 0.493 e. The van der Waals surface area contributed by atoms with E-state index in [-0.39, 0.29) is 33.9 Å². The Bertz CT molecular complexity index is 1810. The van der Waals surface area contributed by atoms with Gasteiger partial charge < -0.3 is 38.5 Å². The number of ether oxygens (including phenoxy) is 7. The van der Waals surface area contributed by atoms with E-state index in [4.69, 9.17) is 33.2 Å². The van der Waals surface area contributed by atoms with Gasteiger partial charge in [-0.05, 0) is 60.7 Å². The molecule has 14 heteroatoms. The van der Waals surface area contributed by atoms with Gasteiger partial charge in [-0.2, -0.15) is 5.10 Å². The lowest BCUT2D eigenvalue weighted by Gasteiger charge is -2.14. The number of nitrogens with zero attached hydrogens (tertiary/aromatic N) is 1. The molecule has 0 fully saturated rings. The number of benzene rings is 4. The average Bonchev–Trinajstić information content (AvgIpc) is 3.11. The number of hydrazone groups is 1. The number of hydrogen-bond donors (Lipinski definition) is 2. The summed E-state index contributed by atoms with van der Waals surface area (Å²) in [6, 6.07) is 17.2. The van der Waals surface area contributed by atoms with E-state index in [1.165, 1.54) is 79.2 Å². The fraction of sp³-hybridized carbons (Fsp3) is 0.176. The molecule has 13 nitrogen and oxygen atoms in total. The molecule has 4 aromatic carbocycles. The number of hydrogen-bond acceptors (Lipinski definition) is 11. The number of methoxy groups -OCH3 is 6. The fourth-order valence-corrected chi connectivity index (χ4v) is 4.83. The van der Waals surface area contributed by atoms with Gasteiger partial charge in [0.25, 0.3) is 11.8 Å². The summed E-state index contributed by atoms with van der Waals surface area (Å²) in [5.74, 6) is 0.344. The van der Waals surface area contributed by atoms with Gasteiger partial charge in [-0.3, -0.25) is 9.59 Å². The number of halogens is 1. The Labute approximate surface area is 284 Å². The molecular formula is C34H32BrN3O10. The summed E-state index contributed by atoms with van der Waals surface area (Å²) in [5.41, 5.74) is 3.81. The van der Waals surface area contributed by atoms with Crippen molar-refractivity contribution >= 4 is 45.6 Å². The van der Waals surface area contributed by atoms with Crippen LogP contribution in [0.15, 0.2) is 76.3 Å². The van der Waals surface area contributed by atoms with Gasteiger partial charge >= 0.3 is 5.97 Å². The van der Waals surface area contributed by atoms with E-state index in [9.17, 15) is 14.4 Å². The Hall–Kier alpha value is -5.76. The minimum Gasteiger partial charge on any atom is -0.493 e. The lowest BCUT2D eigenvalue weighted by Crippen LogP contribution is -2.18.